The summed E-state index contributed by atoms with van der Waals surface area (Å²) >= 11 is 3.16. The minimum atomic E-state index is -4.48. The van der Waals surface area contributed by atoms with Crippen molar-refractivity contribution in [3.05, 3.63) is 58.0 Å². The van der Waals surface area contributed by atoms with Crippen molar-refractivity contribution in [1.29, 1.82) is 0 Å². The van der Waals surface area contributed by atoms with E-state index in [0.29, 0.717) is 16.6 Å². The highest BCUT2D eigenvalue weighted by Crippen LogP contribution is 2.44. The van der Waals surface area contributed by atoms with Gasteiger partial charge in [-0.1, -0.05) is 18.2 Å². The lowest BCUT2D eigenvalue weighted by Crippen LogP contribution is -2.47. The number of hydrogen-bond acceptors (Lipinski definition) is 3. The first-order valence-electron chi connectivity index (χ1n) is 9.16. The van der Waals surface area contributed by atoms with Gasteiger partial charge in [0.15, 0.2) is 5.75 Å². The Hall–Kier alpha value is -2.20. The van der Waals surface area contributed by atoms with Crippen molar-refractivity contribution in [2.24, 2.45) is 0 Å². The predicted octanol–water partition coefficient (Wildman–Crippen LogP) is 5.83. The summed E-state index contributed by atoms with van der Waals surface area (Å²) in [5, 5.41) is 0.893. The molecule has 1 N–H and O–H groups in total. The summed E-state index contributed by atoms with van der Waals surface area (Å²) in [7, 11) is 0. The first-order chi connectivity index (χ1) is 14.1. The fourth-order valence-corrected chi connectivity index (χ4v) is 4.39. The average molecular weight is 490 g/mol. The summed E-state index contributed by atoms with van der Waals surface area (Å²) < 4.78 is 71.4. The number of aromatic nitrogens is 2. The summed E-state index contributed by atoms with van der Waals surface area (Å²) in [6, 6.07) is 7.14. The van der Waals surface area contributed by atoms with E-state index in [9.17, 15) is 22.0 Å². The van der Waals surface area contributed by atoms with Crippen molar-refractivity contribution in [1.82, 2.24) is 14.9 Å². The lowest BCUT2D eigenvalue weighted by molar-refractivity contribution is -0.156. The third-order valence-corrected chi connectivity index (χ3v) is 5.64. The van der Waals surface area contributed by atoms with Crippen LogP contribution in [0.3, 0.4) is 0 Å². The van der Waals surface area contributed by atoms with Crippen LogP contribution in [-0.4, -0.2) is 40.2 Å². The number of halogens is 6. The molecule has 2 atom stereocenters. The molecule has 1 aromatic carbocycles. The second-order valence-electron chi connectivity index (χ2n) is 7.22. The zero-order valence-corrected chi connectivity index (χ0v) is 17.3. The van der Waals surface area contributed by atoms with Gasteiger partial charge in [-0.05, 0) is 47.0 Å². The molecule has 0 amide bonds. The number of nitrogens with zero attached hydrogens (tertiary/aromatic N) is 2. The molecule has 1 aliphatic heterocycles. The Morgan fingerprint density at radius 1 is 1.30 bits per heavy atom. The maximum absolute atomic E-state index is 13.4. The number of H-pyrrole nitrogens is 1. The number of pyridine rings is 1. The third-order valence-electron chi connectivity index (χ3n) is 5.20. The fourth-order valence-electron chi connectivity index (χ4n) is 4.08. The van der Waals surface area contributed by atoms with Gasteiger partial charge in [0.1, 0.15) is 5.69 Å². The molecular weight excluding hydrogens is 473 g/mol. The smallest absolute Gasteiger partial charge is 0.401 e. The van der Waals surface area contributed by atoms with Gasteiger partial charge >= 0.3 is 12.8 Å². The molecule has 30 heavy (non-hydrogen) atoms. The van der Waals surface area contributed by atoms with E-state index in [1.807, 2.05) is 24.3 Å². The number of hydrogen-bond donors (Lipinski definition) is 1. The average Bonchev–Trinajstić information content (AvgIpc) is 3.00. The maximum atomic E-state index is 13.4. The molecule has 10 heteroatoms. The van der Waals surface area contributed by atoms with Gasteiger partial charge in [-0.2, -0.15) is 22.0 Å². The highest BCUT2D eigenvalue weighted by molar-refractivity contribution is 9.10. The topological polar surface area (TPSA) is 41.1 Å². The quantitative estimate of drug-likeness (QED) is 0.469. The minimum absolute atomic E-state index is 0.00195. The maximum Gasteiger partial charge on any atom is 0.401 e. The first kappa shape index (κ1) is 21.0. The molecule has 0 spiro atoms. The van der Waals surface area contributed by atoms with Gasteiger partial charge in [0.2, 0.25) is 0 Å². The molecule has 0 fully saturated rings. The molecule has 3 aromatic rings. The monoisotopic (exact) mass is 489 g/mol. The van der Waals surface area contributed by atoms with Gasteiger partial charge in [-0.3, -0.25) is 9.88 Å². The van der Waals surface area contributed by atoms with Crippen molar-refractivity contribution in [3.63, 3.8) is 0 Å². The lowest BCUT2D eigenvalue weighted by atomic mass is 9.90. The van der Waals surface area contributed by atoms with E-state index in [1.165, 1.54) is 17.2 Å². The van der Waals surface area contributed by atoms with Crippen molar-refractivity contribution in [2.45, 2.75) is 38.2 Å². The van der Waals surface area contributed by atoms with Crippen LogP contribution in [0.2, 0.25) is 0 Å². The summed E-state index contributed by atoms with van der Waals surface area (Å²) in [5.41, 5.74) is 2.13. The van der Waals surface area contributed by atoms with Crippen LogP contribution in [0, 0.1) is 0 Å². The van der Waals surface area contributed by atoms with Gasteiger partial charge < -0.3 is 9.72 Å². The number of para-hydroxylation sites is 1. The van der Waals surface area contributed by atoms with E-state index in [4.69, 9.17) is 0 Å². The van der Waals surface area contributed by atoms with Crippen LogP contribution < -0.4 is 4.74 Å². The first-order valence-corrected chi connectivity index (χ1v) is 9.95. The Labute approximate surface area is 177 Å². The van der Waals surface area contributed by atoms with Crippen LogP contribution in [0.1, 0.15) is 29.9 Å². The fraction of sp³-hybridized carbons (Fsp3) is 0.350. The number of ether oxygens (including phenoxy) is 1. The van der Waals surface area contributed by atoms with Crippen LogP contribution in [0.25, 0.3) is 10.9 Å². The third kappa shape index (κ3) is 4.02. The van der Waals surface area contributed by atoms with E-state index >= 15 is 0 Å². The van der Waals surface area contributed by atoms with Gasteiger partial charge in [0.05, 0.1) is 12.6 Å². The largest absolute Gasteiger partial charge is 0.433 e. The summed E-state index contributed by atoms with van der Waals surface area (Å²) in [6.07, 6.45) is -2.73. The predicted molar refractivity (Wildman–Crippen MR) is 105 cm³/mol. The minimum Gasteiger partial charge on any atom is -0.433 e. The second kappa shape index (κ2) is 7.81. The standard InChI is InChI=1S/C20H17BrF5N3O/c1-10-6-13-12-4-2-3-5-14(12)28-16(13)18(29(10)9-20(24,25)26)17-15(30-19(22)23)7-11(21)8-27-17/h2-5,7-8,10,18-19,28H,6,9H2,1H3/t10-,18+/m1/s1. The van der Waals surface area contributed by atoms with Crippen molar-refractivity contribution < 1.29 is 26.7 Å². The van der Waals surface area contributed by atoms with Crippen molar-refractivity contribution in [3.8, 4) is 5.75 Å². The normalized spacial score (nSPS) is 20.0. The number of fused-ring (bicyclic) bond motifs is 3. The van der Waals surface area contributed by atoms with Crippen molar-refractivity contribution >= 4 is 26.8 Å². The SMILES string of the molecule is C[C@@H]1Cc2c([nH]c3ccccc23)[C@@H](c2ncc(Br)cc2OC(F)F)N1CC(F)(F)F. The highest BCUT2D eigenvalue weighted by atomic mass is 79.9. The summed E-state index contributed by atoms with van der Waals surface area (Å²) in [5.74, 6) is -0.268. The molecule has 0 radical (unpaired) electrons. The number of benzene rings is 1. The summed E-state index contributed by atoms with van der Waals surface area (Å²) in [6.45, 7) is -2.66. The van der Waals surface area contributed by atoms with Gasteiger partial charge in [-0.15, -0.1) is 0 Å². The Bertz CT molecular complexity index is 1070. The van der Waals surface area contributed by atoms with Crippen molar-refractivity contribution in [2.75, 3.05) is 6.54 Å². The second-order valence-corrected chi connectivity index (χ2v) is 8.14. The lowest BCUT2D eigenvalue weighted by Gasteiger charge is -2.41. The van der Waals surface area contributed by atoms with E-state index in [1.54, 1.807) is 6.92 Å². The molecule has 0 unspecified atom stereocenters. The van der Waals surface area contributed by atoms with Gasteiger partial charge in [0, 0.05) is 33.3 Å². The van der Waals surface area contributed by atoms with Crippen LogP contribution in [0.4, 0.5) is 22.0 Å². The molecule has 160 valence electrons. The molecule has 3 heterocycles. The Kier molecular flexibility index (Phi) is 5.48. The van der Waals surface area contributed by atoms with Crippen LogP contribution >= 0.6 is 15.9 Å². The molecule has 0 aliphatic carbocycles. The van der Waals surface area contributed by atoms with E-state index in [2.05, 4.69) is 30.6 Å². The van der Waals surface area contributed by atoms with Crippen LogP contribution in [-0.2, 0) is 6.42 Å². The number of aromatic amines is 1. The molecule has 2 aromatic heterocycles. The number of rotatable bonds is 4. The number of nitrogens with one attached hydrogen (secondary N) is 1. The molecule has 4 nitrogen and oxygen atoms in total. The van der Waals surface area contributed by atoms with E-state index in [-0.39, 0.29) is 11.4 Å². The molecular formula is C20H17BrF5N3O. The van der Waals surface area contributed by atoms with E-state index < -0.39 is 31.4 Å². The molecule has 0 saturated heterocycles. The molecule has 0 bridgehead atoms. The highest BCUT2D eigenvalue weighted by Gasteiger charge is 2.43. The Morgan fingerprint density at radius 3 is 2.73 bits per heavy atom. The number of alkyl halides is 5. The Morgan fingerprint density at radius 2 is 2.03 bits per heavy atom. The van der Waals surface area contributed by atoms with Crippen LogP contribution in [0.5, 0.6) is 5.75 Å². The zero-order chi connectivity index (χ0) is 21.6. The molecule has 4 rings (SSSR count). The molecule has 0 saturated carbocycles. The van der Waals surface area contributed by atoms with Gasteiger partial charge in [0.25, 0.3) is 0 Å². The van der Waals surface area contributed by atoms with Crippen LogP contribution in [0.15, 0.2) is 41.0 Å². The van der Waals surface area contributed by atoms with E-state index in [0.717, 1.165) is 16.5 Å². The Balaban J connectivity index is 1.94. The van der Waals surface area contributed by atoms with Gasteiger partial charge in [-0.25, -0.2) is 0 Å². The summed E-state index contributed by atoms with van der Waals surface area (Å²) in [4.78, 5) is 8.63. The molecule has 1 aliphatic rings. The zero-order valence-electron chi connectivity index (χ0n) is 15.7.